The highest BCUT2D eigenvalue weighted by Crippen LogP contribution is 2.37. The van der Waals surface area contributed by atoms with Crippen LogP contribution in [0.1, 0.15) is 32.4 Å². The first-order valence-corrected chi connectivity index (χ1v) is 5.48. The monoisotopic (exact) mass is 241 g/mol. The van der Waals surface area contributed by atoms with Crippen molar-refractivity contribution in [2.75, 3.05) is 14.2 Å². The van der Waals surface area contributed by atoms with Gasteiger partial charge in [0.15, 0.2) is 11.5 Å². The topological polar surface area (TPSA) is 44.5 Å². The van der Waals surface area contributed by atoms with Gasteiger partial charge in [0.25, 0.3) is 0 Å². The van der Waals surface area contributed by atoms with Crippen molar-refractivity contribution >= 4 is 0 Å². The average Bonchev–Trinajstić information content (AvgIpc) is 2.26. The maximum atomic E-state index is 13.9. The summed E-state index contributed by atoms with van der Waals surface area (Å²) in [4.78, 5) is 0. The number of nitrogens with two attached hydrogens (primary N) is 1. The van der Waals surface area contributed by atoms with Crippen LogP contribution in [0.15, 0.2) is 12.1 Å². The zero-order chi connectivity index (χ0) is 13.2. The van der Waals surface area contributed by atoms with Crippen molar-refractivity contribution in [3.63, 3.8) is 0 Å². The Hall–Kier alpha value is -1.29. The summed E-state index contributed by atoms with van der Waals surface area (Å²) < 4.78 is 24.1. The van der Waals surface area contributed by atoms with Crippen LogP contribution in [0.3, 0.4) is 0 Å². The molecule has 0 aromatic heterocycles. The smallest absolute Gasteiger partial charge is 0.163 e. The second-order valence-electron chi connectivity index (χ2n) is 5.07. The highest BCUT2D eigenvalue weighted by Gasteiger charge is 2.26. The third kappa shape index (κ3) is 2.88. The minimum absolute atomic E-state index is 0.222. The molecular weight excluding hydrogens is 221 g/mol. The molecule has 0 aliphatic carbocycles. The van der Waals surface area contributed by atoms with Gasteiger partial charge < -0.3 is 15.2 Å². The molecule has 0 aliphatic heterocycles. The highest BCUT2D eigenvalue weighted by molar-refractivity contribution is 5.45. The largest absolute Gasteiger partial charge is 0.493 e. The summed E-state index contributed by atoms with van der Waals surface area (Å²) in [5, 5.41) is 0. The van der Waals surface area contributed by atoms with Crippen molar-refractivity contribution in [1.29, 1.82) is 0 Å². The van der Waals surface area contributed by atoms with Gasteiger partial charge in [0.05, 0.1) is 14.2 Å². The average molecular weight is 241 g/mol. The molecular formula is C13H20FNO2. The van der Waals surface area contributed by atoms with E-state index in [1.165, 1.54) is 20.3 Å². The van der Waals surface area contributed by atoms with Gasteiger partial charge in [-0.25, -0.2) is 4.39 Å². The number of benzene rings is 1. The first-order chi connectivity index (χ1) is 7.81. The molecule has 0 bridgehead atoms. The summed E-state index contributed by atoms with van der Waals surface area (Å²) in [6.45, 7) is 5.90. The molecule has 96 valence electrons. The number of hydrogen-bond donors (Lipinski definition) is 1. The maximum Gasteiger partial charge on any atom is 0.163 e. The standard InChI is InChI=1S/C13H20FNO2/c1-13(2,3)12(15)8-6-10(16-4)11(17-5)7-9(8)14/h6-7,12H,15H2,1-5H3. The van der Waals surface area contributed by atoms with Crippen LogP contribution < -0.4 is 15.2 Å². The van der Waals surface area contributed by atoms with Gasteiger partial charge >= 0.3 is 0 Å². The number of hydrogen-bond acceptors (Lipinski definition) is 3. The van der Waals surface area contributed by atoms with Crippen LogP contribution >= 0.6 is 0 Å². The summed E-state index contributed by atoms with van der Waals surface area (Å²) in [6.07, 6.45) is 0. The Labute approximate surface area is 102 Å². The number of rotatable bonds is 3. The van der Waals surface area contributed by atoms with Crippen LogP contribution in [0, 0.1) is 11.2 Å². The van der Waals surface area contributed by atoms with E-state index in [1.807, 2.05) is 20.8 Å². The summed E-state index contributed by atoms with van der Waals surface area (Å²) in [7, 11) is 2.99. The fourth-order valence-corrected chi connectivity index (χ4v) is 1.57. The predicted molar refractivity (Wildman–Crippen MR) is 65.9 cm³/mol. The zero-order valence-electron chi connectivity index (χ0n) is 11.0. The third-order valence-electron chi connectivity index (χ3n) is 2.77. The highest BCUT2D eigenvalue weighted by atomic mass is 19.1. The molecule has 3 nitrogen and oxygen atoms in total. The van der Waals surface area contributed by atoms with Gasteiger partial charge in [0.2, 0.25) is 0 Å². The molecule has 17 heavy (non-hydrogen) atoms. The van der Waals surface area contributed by atoms with E-state index in [4.69, 9.17) is 15.2 Å². The number of methoxy groups -OCH3 is 2. The molecule has 1 aromatic rings. The molecule has 1 atom stereocenters. The lowest BCUT2D eigenvalue weighted by Gasteiger charge is -2.28. The van der Waals surface area contributed by atoms with Crippen LogP contribution in [-0.4, -0.2) is 14.2 Å². The Bertz CT molecular complexity index is 399. The SMILES string of the molecule is COc1cc(F)c(C(N)C(C)(C)C)cc1OC. The molecule has 0 amide bonds. The van der Waals surface area contributed by atoms with E-state index in [1.54, 1.807) is 6.07 Å². The Morgan fingerprint density at radius 1 is 1.12 bits per heavy atom. The molecule has 0 fully saturated rings. The van der Waals surface area contributed by atoms with Gasteiger partial charge in [-0.1, -0.05) is 20.8 Å². The minimum Gasteiger partial charge on any atom is -0.493 e. The molecule has 1 aromatic carbocycles. The van der Waals surface area contributed by atoms with Crippen LogP contribution in [-0.2, 0) is 0 Å². The fourth-order valence-electron chi connectivity index (χ4n) is 1.57. The second kappa shape index (κ2) is 4.92. The van der Waals surface area contributed by atoms with Crippen molar-refractivity contribution in [2.45, 2.75) is 26.8 Å². The lowest BCUT2D eigenvalue weighted by Crippen LogP contribution is -2.27. The molecule has 0 saturated heterocycles. The Morgan fingerprint density at radius 3 is 2.00 bits per heavy atom. The van der Waals surface area contributed by atoms with E-state index in [0.29, 0.717) is 17.1 Å². The van der Waals surface area contributed by atoms with Gasteiger partial charge in [0, 0.05) is 17.7 Å². The number of halogens is 1. The van der Waals surface area contributed by atoms with Crippen LogP contribution in [0.4, 0.5) is 4.39 Å². The van der Waals surface area contributed by atoms with Gasteiger partial charge in [-0.15, -0.1) is 0 Å². The molecule has 0 heterocycles. The molecule has 4 heteroatoms. The Balaban J connectivity index is 3.26. The van der Waals surface area contributed by atoms with Gasteiger partial charge in [-0.2, -0.15) is 0 Å². The Kier molecular flexibility index (Phi) is 3.98. The molecule has 0 saturated carbocycles. The van der Waals surface area contributed by atoms with Crippen molar-refractivity contribution in [3.8, 4) is 11.5 Å². The predicted octanol–water partition coefficient (Wildman–Crippen LogP) is 2.89. The van der Waals surface area contributed by atoms with Crippen LogP contribution in [0.5, 0.6) is 11.5 Å². The fraction of sp³-hybridized carbons (Fsp3) is 0.538. The lowest BCUT2D eigenvalue weighted by atomic mass is 9.83. The van der Waals surface area contributed by atoms with Crippen molar-refractivity contribution < 1.29 is 13.9 Å². The van der Waals surface area contributed by atoms with Gasteiger partial charge in [-0.05, 0) is 11.5 Å². The number of ether oxygens (including phenoxy) is 2. The van der Waals surface area contributed by atoms with Crippen molar-refractivity contribution in [3.05, 3.63) is 23.5 Å². The van der Waals surface area contributed by atoms with E-state index < -0.39 is 6.04 Å². The Morgan fingerprint density at radius 2 is 1.59 bits per heavy atom. The van der Waals surface area contributed by atoms with Crippen molar-refractivity contribution in [1.82, 2.24) is 0 Å². The summed E-state index contributed by atoms with van der Waals surface area (Å²) >= 11 is 0. The summed E-state index contributed by atoms with van der Waals surface area (Å²) in [6, 6.07) is 2.51. The van der Waals surface area contributed by atoms with E-state index in [2.05, 4.69) is 0 Å². The molecule has 0 radical (unpaired) electrons. The van der Waals surface area contributed by atoms with Gasteiger partial charge in [-0.3, -0.25) is 0 Å². The van der Waals surface area contributed by atoms with Crippen molar-refractivity contribution in [2.24, 2.45) is 11.1 Å². The molecule has 0 aliphatic rings. The first kappa shape index (κ1) is 13.8. The zero-order valence-corrected chi connectivity index (χ0v) is 11.0. The van der Waals surface area contributed by atoms with Crippen LogP contribution in [0.2, 0.25) is 0 Å². The van der Waals surface area contributed by atoms with E-state index >= 15 is 0 Å². The normalized spacial score (nSPS) is 13.4. The van der Waals surface area contributed by atoms with Crippen LogP contribution in [0.25, 0.3) is 0 Å². The second-order valence-corrected chi connectivity index (χ2v) is 5.07. The minimum atomic E-state index is -0.401. The van der Waals surface area contributed by atoms with E-state index in [0.717, 1.165) is 0 Å². The molecule has 2 N–H and O–H groups in total. The molecule has 0 spiro atoms. The maximum absolute atomic E-state index is 13.9. The van der Waals surface area contributed by atoms with E-state index in [-0.39, 0.29) is 11.2 Å². The first-order valence-electron chi connectivity index (χ1n) is 5.48. The molecule has 1 unspecified atom stereocenters. The summed E-state index contributed by atoms with van der Waals surface area (Å²) in [5.74, 6) is 0.489. The lowest BCUT2D eigenvalue weighted by molar-refractivity contribution is 0.313. The third-order valence-corrected chi connectivity index (χ3v) is 2.77. The quantitative estimate of drug-likeness (QED) is 0.885. The summed E-state index contributed by atoms with van der Waals surface area (Å²) in [5.41, 5.74) is 6.27. The van der Waals surface area contributed by atoms with Gasteiger partial charge in [0.1, 0.15) is 5.82 Å². The van der Waals surface area contributed by atoms with E-state index in [9.17, 15) is 4.39 Å². The molecule has 1 rings (SSSR count).